The number of hydrogen-bond donors (Lipinski definition) is 1. The summed E-state index contributed by atoms with van der Waals surface area (Å²) in [4.78, 5) is 1.79. The van der Waals surface area contributed by atoms with Gasteiger partial charge < -0.3 is 5.32 Å². The average Bonchev–Trinajstić information content (AvgIpc) is 2.58. The average molecular weight is 356 g/mol. The molecule has 0 saturated carbocycles. The highest BCUT2D eigenvalue weighted by Crippen LogP contribution is 2.39. The summed E-state index contributed by atoms with van der Waals surface area (Å²) in [6, 6.07) is 7.24. The van der Waals surface area contributed by atoms with Crippen molar-refractivity contribution in [1.29, 1.82) is 0 Å². The van der Waals surface area contributed by atoms with Gasteiger partial charge in [0, 0.05) is 37.8 Å². The quantitative estimate of drug-likeness (QED) is 0.837. The summed E-state index contributed by atoms with van der Waals surface area (Å²) in [5.41, 5.74) is -0.787. The number of benzene rings is 2. The molecule has 134 valence electrons. The van der Waals surface area contributed by atoms with Crippen molar-refractivity contribution in [1.82, 2.24) is 10.2 Å². The van der Waals surface area contributed by atoms with E-state index < -0.39 is 29.4 Å². The summed E-state index contributed by atoms with van der Waals surface area (Å²) in [7, 11) is 0. The molecule has 2 aromatic carbocycles. The molecular formula is C18H17F5N2. The van der Waals surface area contributed by atoms with Gasteiger partial charge in [0.2, 0.25) is 0 Å². The molecule has 0 spiro atoms. The van der Waals surface area contributed by atoms with E-state index in [0.717, 1.165) is 12.1 Å². The summed E-state index contributed by atoms with van der Waals surface area (Å²) >= 11 is 0. The van der Waals surface area contributed by atoms with Crippen LogP contribution in [0.1, 0.15) is 22.7 Å². The van der Waals surface area contributed by atoms with Gasteiger partial charge in [0.1, 0.15) is 11.6 Å². The number of hydrogen-bond acceptors (Lipinski definition) is 2. The molecule has 1 fully saturated rings. The fourth-order valence-corrected chi connectivity index (χ4v) is 3.22. The molecule has 1 atom stereocenters. The topological polar surface area (TPSA) is 15.3 Å². The van der Waals surface area contributed by atoms with Crippen LogP contribution in [0.25, 0.3) is 0 Å². The maximum absolute atomic E-state index is 14.4. The van der Waals surface area contributed by atoms with Crippen molar-refractivity contribution < 1.29 is 22.0 Å². The molecular weight excluding hydrogens is 339 g/mol. The van der Waals surface area contributed by atoms with Gasteiger partial charge in [0.15, 0.2) is 0 Å². The Morgan fingerprint density at radius 3 is 2.24 bits per heavy atom. The molecule has 1 aliphatic heterocycles. The van der Waals surface area contributed by atoms with Gasteiger partial charge in [-0.05, 0) is 17.7 Å². The first-order valence-electron chi connectivity index (χ1n) is 7.94. The Balaban J connectivity index is 2.15. The van der Waals surface area contributed by atoms with E-state index in [2.05, 4.69) is 5.32 Å². The third kappa shape index (κ3) is 3.82. The first-order valence-corrected chi connectivity index (χ1v) is 7.94. The van der Waals surface area contributed by atoms with Gasteiger partial charge in [-0.2, -0.15) is 13.2 Å². The van der Waals surface area contributed by atoms with E-state index in [1.165, 1.54) is 24.3 Å². The summed E-state index contributed by atoms with van der Waals surface area (Å²) in [5.74, 6) is -1.61. The van der Waals surface area contributed by atoms with Crippen molar-refractivity contribution in [3.05, 3.63) is 70.8 Å². The third-order valence-electron chi connectivity index (χ3n) is 4.33. The van der Waals surface area contributed by atoms with Gasteiger partial charge in [-0.3, -0.25) is 4.90 Å². The lowest BCUT2D eigenvalue weighted by atomic mass is 9.92. The van der Waals surface area contributed by atoms with Crippen LogP contribution in [-0.4, -0.2) is 31.1 Å². The minimum absolute atomic E-state index is 0.0255. The SMILES string of the molecule is Fc1ccc(C(c2ccccc2C(F)(F)F)N2CCNCC2)c(F)c1. The monoisotopic (exact) mass is 356 g/mol. The van der Waals surface area contributed by atoms with Crippen LogP contribution >= 0.6 is 0 Å². The first kappa shape index (κ1) is 17.8. The molecule has 7 heteroatoms. The Kier molecular flexibility index (Phi) is 5.06. The normalized spacial score (nSPS) is 17.5. The van der Waals surface area contributed by atoms with E-state index in [4.69, 9.17) is 0 Å². The molecule has 1 heterocycles. The fourth-order valence-electron chi connectivity index (χ4n) is 3.22. The summed E-state index contributed by atoms with van der Waals surface area (Å²) < 4.78 is 68.1. The van der Waals surface area contributed by atoms with Crippen LogP contribution < -0.4 is 5.32 Å². The zero-order valence-corrected chi connectivity index (χ0v) is 13.3. The molecule has 1 N–H and O–H groups in total. The smallest absolute Gasteiger partial charge is 0.314 e. The maximum Gasteiger partial charge on any atom is 0.416 e. The molecule has 1 unspecified atom stereocenters. The zero-order chi connectivity index (χ0) is 18.0. The predicted molar refractivity (Wildman–Crippen MR) is 84.1 cm³/mol. The van der Waals surface area contributed by atoms with E-state index in [0.29, 0.717) is 32.2 Å². The molecule has 3 rings (SSSR count). The number of alkyl halides is 3. The molecule has 0 radical (unpaired) electrons. The standard InChI is InChI=1S/C18H17F5N2/c19-12-5-6-14(16(20)11-12)17(25-9-7-24-8-10-25)13-3-1-2-4-15(13)18(21,22)23/h1-6,11,17,24H,7-10H2. The van der Waals surface area contributed by atoms with Crippen molar-refractivity contribution in [2.45, 2.75) is 12.2 Å². The van der Waals surface area contributed by atoms with Crippen LogP contribution in [0.5, 0.6) is 0 Å². The van der Waals surface area contributed by atoms with Crippen LogP contribution in [0.3, 0.4) is 0 Å². The van der Waals surface area contributed by atoms with Crippen molar-refractivity contribution in [3.63, 3.8) is 0 Å². The van der Waals surface area contributed by atoms with E-state index >= 15 is 0 Å². The Morgan fingerprint density at radius 2 is 1.60 bits per heavy atom. The largest absolute Gasteiger partial charge is 0.416 e. The van der Waals surface area contributed by atoms with E-state index in [-0.39, 0.29) is 11.1 Å². The Labute approximate surface area is 142 Å². The number of nitrogens with zero attached hydrogens (tertiary/aromatic N) is 1. The van der Waals surface area contributed by atoms with Gasteiger partial charge in [0.25, 0.3) is 0 Å². The van der Waals surface area contributed by atoms with Crippen LogP contribution in [0.15, 0.2) is 42.5 Å². The second kappa shape index (κ2) is 7.09. The Bertz CT molecular complexity index is 738. The highest BCUT2D eigenvalue weighted by molar-refractivity contribution is 5.40. The minimum atomic E-state index is -4.56. The zero-order valence-electron chi connectivity index (χ0n) is 13.3. The number of halogens is 5. The number of piperazine rings is 1. The molecule has 2 nitrogen and oxygen atoms in total. The second-order valence-corrected chi connectivity index (χ2v) is 5.94. The molecule has 2 aromatic rings. The molecule has 25 heavy (non-hydrogen) atoms. The lowest BCUT2D eigenvalue weighted by Gasteiger charge is -2.36. The van der Waals surface area contributed by atoms with Crippen molar-refractivity contribution >= 4 is 0 Å². The molecule has 1 aliphatic rings. The van der Waals surface area contributed by atoms with Gasteiger partial charge in [-0.1, -0.05) is 24.3 Å². The number of rotatable bonds is 3. The van der Waals surface area contributed by atoms with Crippen LogP contribution in [0, 0.1) is 11.6 Å². The lowest BCUT2D eigenvalue weighted by molar-refractivity contribution is -0.138. The van der Waals surface area contributed by atoms with E-state index in [9.17, 15) is 22.0 Å². The summed E-state index contributed by atoms with van der Waals surface area (Å²) in [6.07, 6.45) is -4.56. The lowest BCUT2D eigenvalue weighted by Crippen LogP contribution is -2.46. The molecule has 0 bridgehead atoms. The minimum Gasteiger partial charge on any atom is -0.314 e. The molecule has 0 amide bonds. The predicted octanol–water partition coefficient (Wildman–Crippen LogP) is 3.98. The molecule has 1 saturated heterocycles. The van der Waals surface area contributed by atoms with Crippen LogP contribution in [0.2, 0.25) is 0 Å². The maximum atomic E-state index is 14.4. The van der Waals surface area contributed by atoms with Gasteiger partial charge in [-0.25, -0.2) is 8.78 Å². The van der Waals surface area contributed by atoms with E-state index in [1.54, 1.807) is 4.90 Å². The Hall–Kier alpha value is -1.99. The van der Waals surface area contributed by atoms with Crippen molar-refractivity contribution in [2.24, 2.45) is 0 Å². The van der Waals surface area contributed by atoms with Crippen molar-refractivity contribution in [3.8, 4) is 0 Å². The highest BCUT2D eigenvalue weighted by Gasteiger charge is 2.37. The van der Waals surface area contributed by atoms with Gasteiger partial charge in [-0.15, -0.1) is 0 Å². The van der Waals surface area contributed by atoms with Crippen molar-refractivity contribution in [2.75, 3.05) is 26.2 Å². The first-order chi connectivity index (χ1) is 11.9. The van der Waals surface area contributed by atoms with Crippen LogP contribution in [-0.2, 0) is 6.18 Å². The third-order valence-corrected chi connectivity index (χ3v) is 4.33. The second-order valence-electron chi connectivity index (χ2n) is 5.94. The van der Waals surface area contributed by atoms with E-state index in [1.807, 2.05) is 0 Å². The van der Waals surface area contributed by atoms with Gasteiger partial charge >= 0.3 is 6.18 Å². The Morgan fingerprint density at radius 1 is 0.920 bits per heavy atom. The summed E-state index contributed by atoms with van der Waals surface area (Å²) in [6.45, 7) is 2.11. The molecule has 0 aliphatic carbocycles. The highest BCUT2D eigenvalue weighted by atomic mass is 19.4. The fraction of sp³-hybridized carbons (Fsp3) is 0.333. The van der Waals surface area contributed by atoms with Gasteiger partial charge in [0.05, 0.1) is 11.6 Å². The summed E-state index contributed by atoms with van der Waals surface area (Å²) in [5, 5.41) is 3.12. The molecule has 0 aromatic heterocycles. The number of nitrogens with one attached hydrogen (secondary N) is 1. The van der Waals surface area contributed by atoms with Crippen LogP contribution in [0.4, 0.5) is 22.0 Å².